The highest BCUT2D eigenvalue weighted by Gasteiger charge is 1.92. The third-order valence-electron chi connectivity index (χ3n) is 0.956. The zero-order valence-corrected chi connectivity index (χ0v) is 6.53. The van der Waals surface area contributed by atoms with Gasteiger partial charge in [-0.1, -0.05) is 0 Å². The molecule has 1 N–H and O–H groups in total. The molecule has 0 unspecified atom stereocenters. The van der Waals surface area contributed by atoms with Gasteiger partial charge >= 0.3 is 0 Å². The highest BCUT2D eigenvalue weighted by molar-refractivity contribution is 6.40. The fraction of sp³-hybridized carbons (Fsp3) is 1.00. The predicted octanol–water partition coefficient (Wildman–Crippen LogP) is 0.648. The second-order valence-corrected chi connectivity index (χ2v) is 3.81. The van der Waals surface area contributed by atoms with Crippen molar-refractivity contribution in [2.75, 3.05) is 13.6 Å². The van der Waals surface area contributed by atoms with Gasteiger partial charge in [-0.05, 0) is 32.6 Å². The summed E-state index contributed by atoms with van der Waals surface area (Å²) < 4.78 is 10.5. The van der Waals surface area contributed by atoms with Crippen molar-refractivity contribution in [3.05, 3.63) is 0 Å². The lowest BCUT2D eigenvalue weighted by atomic mass is 10.5. The van der Waals surface area contributed by atoms with Gasteiger partial charge in [-0.15, -0.1) is 0 Å². The summed E-state index contributed by atoms with van der Waals surface area (Å²) in [6.07, 6.45) is 1.05. The van der Waals surface area contributed by atoms with Crippen LogP contribution < -0.4 is 5.32 Å². The minimum Gasteiger partial charge on any atom is -0.389 e. The van der Waals surface area contributed by atoms with Crippen LogP contribution in [0.5, 0.6) is 0 Å². The topological polar surface area (TPSA) is 29.1 Å². The number of hydrogen-bond acceptors (Lipinski definition) is 2. The molecular formula is C5H13NOSi. The summed E-state index contributed by atoms with van der Waals surface area (Å²) in [5, 5.41) is 3.00. The Labute approximate surface area is 52.0 Å². The molecule has 2 nitrogen and oxygen atoms in total. The molecule has 0 aromatic carbocycles. The molecule has 0 radical (unpaired) electrons. The molecule has 8 heavy (non-hydrogen) atoms. The first-order valence-corrected chi connectivity index (χ1v) is 5.03. The maximum absolute atomic E-state index is 10.5. The van der Waals surface area contributed by atoms with Crippen LogP contribution in [0.3, 0.4) is 0 Å². The van der Waals surface area contributed by atoms with E-state index in [9.17, 15) is 4.46 Å². The van der Waals surface area contributed by atoms with Crippen LogP contribution in [0.4, 0.5) is 0 Å². The lowest BCUT2D eigenvalue weighted by molar-refractivity contribution is 0.560. The highest BCUT2D eigenvalue weighted by atomic mass is 28.3. The van der Waals surface area contributed by atoms with E-state index in [2.05, 4.69) is 5.32 Å². The van der Waals surface area contributed by atoms with Gasteiger partial charge in [0, 0.05) is 0 Å². The average Bonchev–Trinajstić information content (AvgIpc) is 1.66. The second-order valence-electron chi connectivity index (χ2n) is 1.91. The van der Waals surface area contributed by atoms with Gasteiger partial charge in [-0.2, -0.15) is 0 Å². The van der Waals surface area contributed by atoms with Crippen LogP contribution in [-0.2, 0) is 4.46 Å². The van der Waals surface area contributed by atoms with E-state index in [1.165, 1.54) is 0 Å². The molecule has 0 aliphatic carbocycles. The Morgan fingerprint density at radius 3 is 2.62 bits per heavy atom. The molecule has 0 aliphatic heterocycles. The first kappa shape index (κ1) is 7.98. The first-order chi connectivity index (χ1) is 3.77. The van der Waals surface area contributed by atoms with E-state index in [1.54, 1.807) is 6.55 Å². The molecular weight excluding hydrogens is 118 g/mol. The summed E-state index contributed by atoms with van der Waals surface area (Å²) in [6, 6.07) is 0.894. The summed E-state index contributed by atoms with van der Waals surface area (Å²) in [7, 11) is 0.713. The van der Waals surface area contributed by atoms with Gasteiger partial charge in [0.05, 0.1) is 0 Å². The van der Waals surface area contributed by atoms with Crippen molar-refractivity contribution in [1.82, 2.24) is 5.32 Å². The van der Waals surface area contributed by atoms with Crippen LogP contribution in [-0.4, -0.2) is 22.3 Å². The molecule has 0 fully saturated rings. The Morgan fingerprint density at radius 2 is 2.25 bits per heavy atom. The van der Waals surface area contributed by atoms with Gasteiger partial charge in [-0.3, -0.25) is 0 Å². The Hall–Kier alpha value is -0.0231. The van der Waals surface area contributed by atoms with Crippen LogP contribution in [0.1, 0.15) is 6.42 Å². The molecule has 0 atom stereocenters. The highest BCUT2D eigenvalue weighted by Crippen LogP contribution is 1.86. The number of hydrogen-bond donors (Lipinski definition) is 1. The van der Waals surface area contributed by atoms with Gasteiger partial charge in [0.1, 0.15) is 0 Å². The number of nitrogens with one attached hydrogen (secondary N) is 1. The van der Waals surface area contributed by atoms with Gasteiger partial charge in [0.25, 0.3) is 8.68 Å². The van der Waals surface area contributed by atoms with Crippen LogP contribution in [0.25, 0.3) is 0 Å². The summed E-state index contributed by atoms with van der Waals surface area (Å²) in [6.45, 7) is 2.80. The molecule has 0 saturated carbocycles. The summed E-state index contributed by atoms with van der Waals surface area (Å²) in [5.74, 6) is 0. The molecule has 3 heteroatoms. The summed E-state index contributed by atoms with van der Waals surface area (Å²) in [5.41, 5.74) is 0. The molecule has 0 rings (SSSR count). The number of rotatable bonds is 4. The van der Waals surface area contributed by atoms with Gasteiger partial charge in [0.2, 0.25) is 0 Å². The van der Waals surface area contributed by atoms with E-state index < -0.39 is 8.68 Å². The average molecular weight is 131 g/mol. The van der Waals surface area contributed by atoms with Crippen molar-refractivity contribution >= 4 is 8.68 Å². The van der Waals surface area contributed by atoms with Crippen molar-refractivity contribution in [1.29, 1.82) is 0 Å². The Kier molecular flexibility index (Phi) is 5.11. The molecule has 0 aromatic rings. The van der Waals surface area contributed by atoms with E-state index in [0.29, 0.717) is 0 Å². The lowest BCUT2D eigenvalue weighted by Gasteiger charge is -1.92. The molecule has 0 aliphatic rings. The standard InChI is InChI=1S/C5H13NOSi/c1-6-4-3-5-8(2)7/h6H,3-5H2,1-2H3. The quantitative estimate of drug-likeness (QED) is 0.448. The van der Waals surface area contributed by atoms with Gasteiger partial charge < -0.3 is 9.78 Å². The van der Waals surface area contributed by atoms with Crippen LogP contribution in [0, 0.1) is 0 Å². The van der Waals surface area contributed by atoms with E-state index in [4.69, 9.17) is 0 Å². The summed E-state index contributed by atoms with van der Waals surface area (Å²) >= 11 is 0. The fourth-order valence-electron chi connectivity index (χ4n) is 0.514. The van der Waals surface area contributed by atoms with Crippen molar-refractivity contribution in [2.45, 2.75) is 19.0 Å². The maximum Gasteiger partial charge on any atom is 0.273 e. The SMILES string of the molecule is CNCCC[Si](C)=O. The van der Waals surface area contributed by atoms with Crippen molar-refractivity contribution in [3.8, 4) is 0 Å². The molecule has 0 spiro atoms. The molecule has 0 bridgehead atoms. The molecule has 48 valence electrons. The maximum atomic E-state index is 10.5. The van der Waals surface area contributed by atoms with E-state index in [0.717, 1.165) is 19.0 Å². The van der Waals surface area contributed by atoms with E-state index in [1.807, 2.05) is 7.05 Å². The zero-order chi connectivity index (χ0) is 6.41. The van der Waals surface area contributed by atoms with Gasteiger partial charge in [-0.25, -0.2) is 0 Å². The molecule has 0 amide bonds. The van der Waals surface area contributed by atoms with Crippen LogP contribution in [0.2, 0.25) is 12.6 Å². The second kappa shape index (κ2) is 5.12. The molecule has 0 saturated heterocycles. The van der Waals surface area contributed by atoms with Crippen molar-refractivity contribution < 1.29 is 4.46 Å². The third kappa shape index (κ3) is 5.98. The first-order valence-electron chi connectivity index (χ1n) is 2.91. The molecule has 0 heterocycles. The minimum atomic E-state index is -1.20. The Morgan fingerprint density at radius 1 is 1.62 bits per heavy atom. The fourth-order valence-corrected chi connectivity index (χ4v) is 1.19. The summed E-state index contributed by atoms with van der Waals surface area (Å²) in [4.78, 5) is 0. The normalized spacial score (nSPS) is 9.25. The van der Waals surface area contributed by atoms with Crippen molar-refractivity contribution in [2.24, 2.45) is 0 Å². The van der Waals surface area contributed by atoms with Crippen LogP contribution >= 0.6 is 0 Å². The smallest absolute Gasteiger partial charge is 0.273 e. The zero-order valence-electron chi connectivity index (χ0n) is 5.53. The molecule has 0 aromatic heterocycles. The van der Waals surface area contributed by atoms with E-state index >= 15 is 0 Å². The van der Waals surface area contributed by atoms with Gasteiger partial charge in [0.15, 0.2) is 0 Å². The largest absolute Gasteiger partial charge is 0.389 e. The third-order valence-corrected chi connectivity index (χ3v) is 2.01. The minimum absolute atomic E-state index is 0.894. The van der Waals surface area contributed by atoms with E-state index in [-0.39, 0.29) is 0 Å². The predicted molar refractivity (Wildman–Crippen MR) is 35.7 cm³/mol. The van der Waals surface area contributed by atoms with Crippen LogP contribution in [0.15, 0.2) is 0 Å². The monoisotopic (exact) mass is 131 g/mol. The Balaban J connectivity index is 2.82. The van der Waals surface area contributed by atoms with Crippen molar-refractivity contribution in [3.63, 3.8) is 0 Å². The lowest BCUT2D eigenvalue weighted by Crippen LogP contribution is -2.08. The Bertz CT molecular complexity index is 74.8.